The number of halogens is 1. The van der Waals surface area contributed by atoms with Crippen LogP contribution in [-0.4, -0.2) is 34.3 Å². The van der Waals surface area contributed by atoms with Crippen LogP contribution in [-0.2, 0) is 13.6 Å². The van der Waals surface area contributed by atoms with Crippen molar-refractivity contribution in [3.05, 3.63) is 18.0 Å². The molecule has 4 nitrogen and oxygen atoms in total. The molecule has 1 fully saturated rings. The van der Waals surface area contributed by atoms with Gasteiger partial charge in [-0.15, -0.1) is 12.4 Å². The lowest BCUT2D eigenvalue weighted by molar-refractivity contribution is 0.269. The predicted octanol–water partition coefficient (Wildman–Crippen LogP) is 1.01. The van der Waals surface area contributed by atoms with Gasteiger partial charge in [0.15, 0.2) is 0 Å². The average molecular weight is 245 g/mol. The molecule has 0 saturated carbocycles. The first-order valence-electron chi connectivity index (χ1n) is 5.52. The lowest BCUT2D eigenvalue weighted by atomic mass is 9.90. The summed E-state index contributed by atoms with van der Waals surface area (Å²) in [4.78, 5) is 2.46. The molecule has 0 spiro atoms. The first kappa shape index (κ1) is 13.5. The van der Waals surface area contributed by atoms with E-state index in [-0.39, 0.29) is 12.4 Å². The molecule has 2 N–H and O–H groups in total. The van der Waals surface area contributed by atoms with Gasteiger partial charge >= 0.3 is 0 Å². The molecule has 1 aromatic heterocycles. The minimum atomic E-state index is 0. The molecule has 1 saturated heterocycles. The third-order valence-corrected chi connectivity index (χ3v) is 3.44. The van der Waals surface area contributed by atoms with E-state index < -0.39 is 0 Å². The molecule has 2 rings (SSSR count). The van der Waals surface area contributed by atoms with Crippen LogP contribution in [0, 0.1) is 5.41 Å². The Morgan fingerprint density at radius 2 is 2.31 bits per heavy atom. The molecule has 0 radical (unpaired) electrons. The van der Waals surface area contributed by atoms with Gasteiger partial charge in [0.25, 0.3) is 0 Å². The highest BCUT2D eigenvalue weighted by atomic mass is 35.5. The summed E-state index contributed by atoms with van der Waals surface area (Å²) in [5.41, 5.74) is 7.38. The normalized spacial score (nSPS) is 25.7. The highest BCUT2D eigenvalue weighted by Crippen LogP contribution is 2.29. The van der Waals surface area contributed by atoms with Crippen LogP contribution in [0.3, 0.4) is 0 Å². The van der Waals surface area contributed by atoms with E-state index in [0.29, 0.717) is 5.41 Å². The third-order valence-electron chi connectivity index (χ3n) is 3.44. The Morgan fingerprint density at radius 1 is 1.56 bits per heavy atom. The second kappa shape index (κ2) is 5.17. The Hall–Kier alpha value is -0.580. The number of aromatic nitrogens is 2. The topological polar surface area (TPSA) is 47.1 Å². The molecule has 1 aromatic rings. The molecule has 1 aliphatic heterocycles. The maximum atomic E-state index is 5.79. The zero-order chi connectivity index (χ0) is 10.9. The molecule has 92 valence electrons. The molecule has 0 aliphatic carbocycles. The number of nitrogens with two attached hydrogens (primary N) is 1. The van der Waals surface area contributed by atoms with E-state index in [2.05, 4.69) is 23.0 Å². The average Bonchev–Trinajstić information content (AvgIpc) is 2.77. The van der Waals surface area contributed by atoms with Crippen molar-refractivity contribution in [2.45, 2.75) is 19.9 Å². The number of likely N-dealkylation sites (tertiary alicyclic amines) is 1. The fourth-order valence-electron chi connectivity index (χ4n) is 2.21. The summed E-state index contributed by atoms with van der Waals surface area (Å²) < 4.78 is 1.94. The molecule has 16 heavy (non-hydrogen) atoms. The van der Waals surface area contributed by atoms with Gasteiger partial charge in [0.05, 0.1) is 5.69 Å². The summed E-state index contributed by atoms with van der Waals surface area (Å²) in [7, 11) is 1.99. The minimum Gasteiger partial charge on any atom is -0.330 e. The van der Waals surface area contributed by atoms with Crippen LogP contribution < -0.4 is 5.73 Å². The molecule has 0 bridgehead atoms. The molecule has 1 aliphatic rings. The summed E-state index contributed by atoms with van der Waals surface area (Å²) in [6, 6.07) is 2.08. The standard InChI is InChI=1S/C11H20N4.ClH/c1-11(8-12)4-6-15(9-11)7-10-3-5-13-14(10)2;/h3,5H,4,6-9,12H2,1-2H3;1H. The van der Waals surface area contributed by atoms with Crippen molar-refractivity contribution < 1.29 is 0 Å². The van der Waals surface area contributed by atoms with Crippen LogP contribution >= 0.6 is 12.4 Å². The first-order valence-corrected chi connectivity index (χ1v) is 5.52. The van der Waals surface area contributed by atoms with Gasteiger partial charge in [0.2, 0.25) is 0 Å². The fraction of sp³-hybridized carbons (Fsp3) is 0.727. The number of rotatable bonds is 3. The number of hydrogen-bond donors (Lipinski definition) is 1. The Bertz CT molecular complexity index is 338. The van der Waals surface area contributed by atoms with Crippen molar-refractivity contribution in [2.24, 2.45) is 18.2 Å². The van der Waals surface area contributed by atoms with Crippen LogP contribution in [0.1, 0.15) is 19.0 Å². The molecular formula is C11H21ClN4. The molecule has 5 heteroatoms. The second-order valence-electron chi connectivity index (χ2n) is 4.92. The Balaban J connectivity index is 0.00000128. The number of hydrogen-bond acceptors (Lipinski definition) is 3. The van der Waals surface area contributed by atoms with Crippen molar-refractivity contribution in [2.75, 3.05) is 19.6 Å². The highest BCUT2D eigenvalue weighted by molar-refractivity contribution is 5.85. The lowest BCUT2D eigenvalue weighted by Crippen LogP contribution is -2.31. The van der Waals surface area contributed by atoms with Gasteiger partial charge in [-0.1, -0.05) is 6.92 Å². The second-order valence-corrected chi connectivity index (χ2v) is 4.92. The highest BCUT2D eigenvalue weighted by Gasteiger charge is 2.32. The van der Waals surface area contributed by atoms with E-state index in [9.17, 15) is 0 Å². The van der Waals surface area contributed by atoms with Crippen LogP contribution in [0.2, 0.25) is 0 Å². The summed E-state index contributed by atoms with van der Waals surface area (Å²) in [6.07, 6.45) is 3.06. The van der Waals surface area contributed by atoms with Crippen molar-refractivity contribution in [1.82, 2.24) is 14.7 Å². The number of nitrogens with zero attached hydrogens (tertiary/aromatic N) is 3. The maximum absolute atomic E-state index is 5.79. The summed E-state index contributed by atoms with van der Waals surface area (Å²) in [5.74, 6) is 0. The van der Waals surface area contributed by atoms with Crippen molar-refractivity contribution in [1.29, 1.82) is 0 Å². The van der Waals surface area contributed by atoms with Gasteiger partial charge in [-0.2, -0.15) is 5.10 Å². The lowest BCUT2D eigenvalue weighted by Gasteiger charge is -2.22. The SMILES string of the molecule is Cl.Cn1nccc1CN1CCC(C)(CN)C1. The third kappa shape index (κ3) is 2.75. The van der Waals surface area contributed by atoms with Crippen molar-refractivity contribution in [3.8, 4) is 0 Å². The van der Waals surface area contributed by atoms with E-state index in [1.807, 2.05) is 17.9 Å². The molecule has 1 atom stereocenters. The first-order chi connectivity index (χ1) is 7.13. The van der Waals surface area contributed by atoms with Crippen molar-refractivity contribution in [3.63, 3.8) is 0 Å². The van der Waals surface area contributed by atoms with Gasteiger partial charge in [-0.25, -0.2) is 0 Å². The molecule has 0 amide bonds. The van der Waals surface area contributed by atoms with Gasteiger partial charge < -0.3 is 5.73 Å². The maximum Gasteiger partial charge on any atom is 0.0521 e. The molecule has 2 heterocycles. The molecule has 0 aromatic carbocycles. The van der Waals surface area contributed by atoms with E-state index in [1.54, 1.807) is 0 Å². The summed E-state index contributed by atoms with van der Waals surface area (Å²) >= 11 is 0. The Kier molecular flexibility index (Phi) is 4.35. The fourth-order valence-corrected chi connectivity index (χ4v) is 2.21. The van der Waals surface area contributed by atoms with E-state index in [0.717, 1.165) is 26.2 Å². The largest absolute Gasteiger partial charge is 0.330 e. The predicted molar refractivity (Wildman–Crippen MR) is 67.5 cm³/mol. The van der Waals surface area contributed by atoms with Crippen LogP contribution in [0.4, 0.5) is 0 Å². The van der Waals surface area contributed by atoms with Crippen molar-refractivity contribution >= 4 is 12.4 Å². The van der Waals surface area contributed by atoms with E-state index in [4.69, 9.17) is 5.73 Å². The van der Waals surface area contributed by atoms with Gasteiger partial charge in [0, 0.05) is 26.3 Å². The zero-order valence-corrected chi connectivity index (χ0v) is 10.8. The smallest absolute Gasteiger partial charge is 0.0521 e. The van der Waals surface area contributed by atoms with Gasteiger partial charge in [0.1, 0.15) is 0 Å². The van der Waals surface area contributed by atoms with Crippen LogP contribution in [0.25, 0.3) is 0 Å². The monoisotopic (exact) mass is 244 g/mol. The molecular weight excluding hydrogens is 224 g/mol. The quantitative estimate of drug-likeness (QED) is 0.864. The summed E-state index contributed by atoms with van der Waals surface area (Å²) in [5, 5.41) is 4.18. The van der Waals surface area contributed by atoms with Gasteiger partial charge in [-0.3, -0.25) is 9.58 Å². The molecule has 1 unspecified atom stereocenters. The van der Waals surface area contributed by atoms with E-state index >= 15 is 0 Å². The van der Waals surface area contributed by atoms with E-state index in [1.165, 1.54) is 12.1 Å². The zero-order valence-electron chi connectivity index (χ0n) is 10.0. The minimum absolute atomic E-state index is 0. The van der Waals surface area contributed by atoms with Crippen LogP contribution in [0.15, 0.2) is 12.3 Å². The van der Waals surface area contributed by atoms with Crippen LogP contribution in [0.5, 0.6) is 0 Å². The Morgan fingerprint density at radius 3 is 2.81 bits per heavy atom. The summed E-state index contributed by atoms with van der Waals surface area (Å²) in [6.45, 7) is 6.31. The van der Waals surface area contributed by atoms with Gasteiger partial charge in [-0.05, 0) is 31.0 Å². The Labute approximate surface area is 103 Å². The number of aryl methyl sites for hydroxylation is 1.